The van der Waals surface area contributed by atoms with Crippen LogP contribution in [0.4, 0.5) is 8.78 Å². The number of hydrogen-bond donors (Lipinski definition) is 1. The lowest BCUT2D eigenvalue weighted by atomic mass is 10.2. The second-order valence-electron chi connectivity index (χ2n) is 5.47. The fraction of sp³-hybridized carbons (Fsp3) is 0.222. The fourth-order valence-corrected chi connectivity index (χ4v) is 3.28. The van der Waals surface area contributed by atoms with Gasteiger partial charge in [0.15, 0.2) is 11.5 Å². The van der Waals surface area contributed by atoms with Gasteiger partial charge in [-0.15, -0.1) is 0 Å². The summed E-state index contributed by atoms with van der Waals surface area (Å²) in [6.45, 7) is 0.0297. The van der Waals surface area contributed by atoms with Gasteiger partial charge >= 0.3 is 0 Å². The zero-order valence-corrected chi connectivity index (χ0v) is 14.8. The predicted molar refractivity (Wildman–Crippen MR) is 92.8 cm³/mol. The standard InChI is InChI=1S/C18H15F2NO5S/c19-14-3-5-16(20)13(9-14)11-27(22,23)21-7-1-2-8-24-15-4-6-17-18(10-15)26-12-25-17/h3-6,9-10,21H,7-8,11-12H2. The molecule has 0 amide bonds. The van der Waals surface area contributed by atoms with Crippen LogP contribution in [0.25, 0.3) is 0 Å². The molecule has 0 aliphatic carbocycles. The summed E-state index contributed by atoms with van der Waals surface area (Å²) in [5.74, 6) is 4.83. The Morgan fingerprint density at radius 2 is 1.89 bits per heavy atom. The van der Waals surface area contributed by atoms with Crippen LogP contribution in [0.5, 0.6) is 17.2 Å². The van der Waals surface area contributed by atoms with E-state index >= 15 is 0 Å². The number of nitrogens with one attached hydrogen (secondary N) is 1. The Morgan fingerprint density at radius 1 is 1.07 bits per heavy atom. The molecule has 142 valence electrons. The van der Waals surface area contributed by atoms with E-state index in [0.29, 0.717) is 17.2 Å². The summed E-state index contributed by atoms with van der Waals surface area (Å²) >= 11 is 0. The van der Waals surface area contributed by atoms with Crippen LogP contribution in [-0.4, -0.2) is 28.4 Å². The number of benzene rings is 2. The first-order valence-electron chi connectivity index (χ1n) is 7.82. The van der Waals surface area contributed by atoms with Crippen LogP contribution in [0, 0.1) is 23.5 Å². The average molecular weight is 395 g/mol. The third kappa shape index (κ3) is 5.32. The van der Waals surface area contributed by atoms with Crippen molar-refractivity contribution in [2.45, 2.75) is 5.75 Å². The molecule has 0 aromatic heterocycles. The van der Waals surface area contributed by atoms with Crippen molar-refractivity contribution in [2.75, 3.05) is 19.9 Å². The van der Waals surface area contributed by atoms with Crippen molar-refractivity contribution in [1.82, 2.24) is 4.72 Å². The minimum atomic E-state index is -3.85. The lowest BCUT2D eigenvalue weighted by Crippen LogP contribution is -2.26. The maximum atomic E-state index is 13.5. The molecule has 0 unspecified atom stereocenters. The number of rotatable bonds is 6. The van der Waals surface area contributed by atoms with Crippen LogP contribution >= 0.6 is 0 Å². The van der Waals surface area contributed by atoms with E-state index in [0.717, 1.165) is 18.2 Å². The number of ether oxygens (including phenoxy) is 3. The molecule has 0 radical (unpaired) electrons. The maximum absolute atomic E-state index is 13.5. The third-order valence-electron chi connectivity index (χ3n) is 3.51. The molecule has 0 saturated heterocycles. The van der Waals surface area contributed by atoms with Gasteiger partial charge in [-0.2, -0.15) is 0 Å². The highest BCUT2D eigenvalue weighted by Crippen LogP contribution is 2.34. The zero-order valence-electron chi connectivity index (χ0n) is 14.0. The van der Waals surface area contributed by atoms with Crippen LogP contribution < -0.4 is 18.9 Å². The Hall–Kier alpha value is -2.83. The van der Waals surface area contributed by atoms with E-state index < -0.39 is 27.4 Å². The molecule has 2 aromatic carbocycles. The molecule has 3 rings (SSSR count). The van der Waals surface area contributed by atoms with Crippen LogP contribution in [0.2, 0.25) is 0 Å². The highest BCUT2D eigenvalue weighted by atomic mass is 32.2. The van der Waals surface area contributed by atoms with Gasteiger partial charge in [0.1, 0.15) is 24.0 Å². The van der Waals surface area contributed by atoms with Crippen molar-refractivity contribution >= 4 is 10.0 Å². The van der Waals surface area contributed by atoms with Crippen LogP contribution in [0.1, 0.15) is 5.56 Å². The number of hydrogen-bond acceptors (Lipinski definition) is 5. The summed E-state index contributed by atoms with van der Waals surface area (Å²) in [6, 6.07) is 7.73. The molecule has 1 N–H and O–H groups in total. The van der Waals surface area contributed by atoms with Crippen molar-refractivity contribution in [3.05, 3.63) is 53.6 Å². The molecule has 0 spiro atoms. The van der Waals surface area contributed by atoms with Crippen molar-refractivity contribution < 1.29 is 31.4 Å². The largest absolute Gasteiger partial charge is 0.481 e. The molecule has 0 atom stereocenters. The first kappa shape index (κ1) is 18.9. The molecule has 1 heterocycles. The third-order valence-corrected chi connectivity index (χ3v) is 4.79. The second kappa shape index (κ2) is 8.24. The molecule has 0 bridgehead atoms. The van der Waals surface area contributed by atoms with Gasteiger partial charge in [0.25, 0.3) is 0 Å². The minimum absolute atomic E-state index is 0.0416. The Balaban J connectivity index is 1.46. The molecular formula is C18H15F2NO5S. The molecule has 1 aliphatic heterocycles. The molecule has 0 fully saturated rings. The molecular weight excluding hydrogens is 380 g/mol. The molecule has 2 aromatic rings. The van der Waals surface area contributed by atoms with Gasteiger partial charge in [0.2, 0.25) is 16.8 Å². The quantitative estimate of drug-likeness (QED) is 0.759. The monoisotopic (exact) mass is 395 g/mol. The van der Waals surface area contributed by atoms with E-state index in [9.17, 15) is 17.2 Å². The van der Waals surface area contributed by atoms with Gasteiger partial charge in [-0.25, -0.2) is 21.9 Å². The highest BCUT2D eigenvalue weighted by molar-refractivity contribution is 7.88. The molecule has 27 heavy (non-hydrogen) atoms. The van der Waals surface area contributed by atoms with E-state index in [1.807, 2.05) is 0 Å². The smallest absolute Gasteiger partial charge is 0.231 e. The summed E-state index contributed by atoms with van der Waals surface area (Å²) in [6.07, 6.45) is 0. The highest BCUT2D eigenvalue weighted by Gasteiger charge is 2.15. The minimum Gasteiger partial charge on any atom is -0.481 e. The summed E-state index contributed by atoms with van der Waals surface area (Å²) in [4.78, 5) is 0. The Kier molecular flexibility index (Phi) is 5.78. The van der Waals surface area contributed by atoms with Gasteiger partial charge in [0, 0.05) is 11.6 Å². The van der Waals surface area contributed by atoms with Crippen LogP contribution in [0.3, 0.4) is 0 Å². The van der Waals surface area contributed by atoms with E-state index in [-0.39, 0.29) is 25.5 Å². The van der Waals surface area contributed by atoms with E-state index in [1.54, 1.807) is 18.2 Å². The summed E-state index contributed by atoms with van der Waals surface area (Å²) in [5.41, 5.74) is -0.249. The second-order valence-corrected chi connectivity index (χ2v) is 7.28. The average Bonchev–Trinajstić information content (AvgIpc) is 3.08. The van der Waals surface area contributed by atoms with Crippen LogP contribution in [0.15, 0.2) is 36.4 Å². The lowest BCUT2D eigenvalue weighted by molar-refractivity contribution is 0.174. The zero-order chi connectivity index (χ0) is 19.3. The van der Waals surface area contributed by atoms with Gasteiger partial charge in [-0.3, -0.25) is 0 Å². The Labute approximate surface area is 155 Å². The van der Waals surface area contributed by atoms with E-state index in [1.165, 1.54) is 0 Å². The van der Waals surface area contributed by atoms with Crippen molar-refractivity contribution in [3.8, 4) is 29.1 Å². The SMILES string of the molecule is O=S(=O)(Cc1cc(F)ccc1F)NCC#CCOc1ccc2c(c1)OCO2. The topological polar surface area (TPSA) is 73.9 Å². The summed E-state index contributed by atoms with van der Waals surface area (Å²) in [5, 5.41) is 0. The summed E-state index contributed by atoms with van der Waals surface area (Å²) < 4.78 is 68.4. The van der Waals surface area contributed by atoms with Crippen molar-refractivity contribution in [2.24, 2.45) is 0 Å². The van der Waals surface area contributed by atoms with E-state index in [4.69, 9.17) is 14.2 Å². The maximum Gasteiger partial charge on any atom is 0.231 e. The van der Waals surface area contributed by atoms with Crippen LogP contribution in [-0.2, 0) is 15.8 Å². The first-order valence-corrected chi connectivity index (χ1v) is 9.48. The van der Waals surface area contributed by atoms with Gasteiger partial charge in [-0.05, 0) is 30.3 Å². The Morgan fingerprint density at radius 3 is 2.74 bits per heavy atom. The molecule has 6 nitrogen and oxygen atoms in total. The molecule has 9 heteroatoms. The van der Waals surface area contributed by atoms with Crippen molar-refractivity contribution in [1.29, 1.82) is 0 Å². The number of halogens is 2. The molecule has 1 aliphatic rings. The van der Waals surface area contributed by atoms with Gasteiger partial charge in [0.05, 0.1) is 12.3 Å². The van der Waals surface area contributed by atoms with Gasteiger partial charge < -0.3 is 14.2 Å². The summed E-state index contributed by atoms with van der Waals surface area (Å²) in [7, 11) is -3.85. The van der Waals surface area contributed by atoms with Gasteiger partial charge in [-0.1, -0.05) is 11.8 Å². The van der Waals surface area contributed by atoms with E-state index in [2.05, 4.69) is 16.6 Å². The molecule has 0 saturated carbocycles. The first-order chi connectivity index (χ1) is 12.9. The number of fused-ring (bicyclic) bond motifs is 1. The number of sulfonamides is 1. The Bertz CT molecular complexity index is 999. The lowest BCUT2D eigenvalue weighted by Gasteiger charge is -2.05. The predicted octanol–water partition coefficient (Wildman–Crippen LogP) is 2.20. The fourth-order valence-electron chi connectivity index (χ4n) is 2.26. The van der Waals surface area contributed by atoms with Crippen molar-refractivity contribution in [3.63, 3.8) is 0 Å². The normalized spacial score (nSPS) is 12.4.